The number of hydrogen-bond donors (Lipinski definition) is 1. The number of carbonyl (C=O) groups is 1. The molecule has 0 radical (unpaired) electrons. The lowest BCUT2D eigenvalue weighted by atomic mass is 10.1. The van der Waals surface area contributed by atoms with Crippen LogP contribution in [0.15, 0.2) is 27.7 Å². The molecule has 1 amide bonds. The van der Waals surface area contributed by atoms with Crippen molar-refractivity contribution in [3.63, 3.8) is 0 Å². The molecule has 1 saturated carbocycles. The average Bonchev–Trinajstić information content (AvgIpc) is 2.93. The highest BCUT2D eigenvalue weighted by Gasteiger charge is 2.30. The van der Waals surface area contributed by atoms with E-state index in [1.54, 1.807) is 0 Å². The standard InChI is InChI=1S/C18H22BrIN2O3/c1-18(2,3)22-17(23)25-13-6-5-12(9-13)24-16-14-8-11(19)4-7-15(14)21-10-20-16/h4,7-8,10,12-13H,5-6,9H2,1-3H3,(H,22,23)/t12-,13-/m0/s1. The lowest BCUT2D eigenvalue weighted by molar-refractivity contribution is 0.0859. The van der Waals surface area contributed by atoms with Crippen LogP contribution in [0.4, 0.5) is 10.5 Å². The maximum atomic E-state index is 11.9. The monoisotopic (exact) mass is 520 g/mol. The van der Waals surface area contributed by atoms with Gasteiger partial charge in [-0.15, -0.1) is 0 Å². The predicted octanol–water partition coefficient (Wildman–Crippen LogP) is 5.03. The second-order valence-corrected chi connectivity index (χ2v) is 10.3. The van der Waals surface area contributed by atoms with Crippen LogP contribution in [0.25, 0.3) is 0 Å². The van der Waals surface area contributed by atoms with Crippen molar-refractivity contribution in [3.05, 3.63) is 28.2 Å². The SMILES string of the molecule is CC(C)(C)NC(=O)O[C@H]1CC[C@H](OC2=IC=Nc3ccc(Br)cc32)C1. The number of benzene rings is 1. The fourth-order valence-electron chi connectivity index (χ4n) is 2.80. The minimum absolute atomic E-state index is 0.0783. The summed E-state index contributed by atoms with van der Waals surface area (Å²) >= 11 is 3.16. The topological polar surface area (TPSA) is 59.9 Å². The molecule has 1 fully saturated rings. The molecule has 0 spiro atoms. The first-order valence-corrected chi connectivity index (χ1v) is 11.4. The molecule has 7 heteroatoms. The highest BCUT2D eigenvalue weighted by molar-refractivity contribution is 14.2. The molecule has 0 bridgehead atoms. The number of amides is 1. The van der Waals surface area contributed by atoms with Gasteiger partial charge in [0.05, 0.1) is 16.0 Å². The molecule has 5 nitrogen and oxygen atoms in total. The average molecular weight is 521 g/mol. The predicted molar refractivity (Wildman–Crippen MR) is 112 cm³/mol. The van der Waals surface area contributed by atoms with Crippen molar-refractivity contribution < 1.29 is 14.3 Å². The number of nitrogens with zero attached hydrogens (tertiary/aromatic N) is 1. The molecule has 3 rings (SSSR count). The van der Waals surface area contributed by atoms with Gasteiger partial charge in [-0.2, -0.15) is 0 Å². The van der Waals surface area contributed by atoms with Crippen molar-refractivity contribution in [2.75, 3.05) is 0 Å². The highest BCUT2D eigenvalue weighted by atomic mass is 127. The number of hydrogen-bond acceptors (Lipinski definition) is 4. The summed E-state index contributed by atoms with van der Waals surface area (Å²) in [4.78, 5) is 16.4. The Morgan fingerprint density at radius 2 is 2.08 bits per heavy atom. The van der Waals surface area contributed by atoms with Crippen LogP contribution < -0.4 is 5.32 Å². The van der Waals surface area contributed by atoms with Crippen molar-refractivity contribution in [3.8, 4) is 0 Å². The number of aliphatic imine (C=N–C) groups is 1. The van der Waals surface area contributed by atoms with Crippen LogP contribution in [-0.4, -0.2) is 31.8 Å². The third kappa shape index (κ3) is 5.34. The molecular weight excluding hydrogens is 499 g/mol. The summed E-state index contributed by atoms with van der Waals surface area (Å²) in [5.74, 6) is 0. The smallest absolute Gasteiger partial charge is 0.407 e. The Labute approximate surface area is 166 Å². The maximum absolute atomic E-state index is 11.9. The molecule has 2 aliphatic rings. The van der Waals surface area contributed by atoms with Crippen LogP contribution >= 0.6 is 36.7 Å². The Morgan fingerprint density at radius 1 is 1.32 bits per heavy atom. The van der Waals surface area contributed by atoms with E-state index in [1.165, 1.54) is 0 Å². The molecule has 0 aromatic heterocycles. The molecule has 25 heavy (non-hydrogen) atoms. The highest BCUT2D eigenvalue weighted by Crippen LogP contribution is 2.33. The summed E-state index contributed by atoms with van der Waals surface area (Å²) in [5, 5.41) is 2.84. The Hall–Kier alpha value is -0.800. The second kappa shape index (κ2) is 7.84. The Bertz CT molecular complexity index is 728. The number of ether oxygens (including phenoxy) is 2. The third-order valence-corrected chi connectivity index (χ3v) is 6.31. The summed E-state index contributed by atoms with van der Waals surface area (Å²) in [6.07, 6.45) is 2.16. The van der Waals surface area contributed by atoms with Crippen molar-refractivity contribution in [1.82, 2.24) is 5.32 Å². The van der Waals surface area contributed by atoms with Gasteiger partial charge in [-0.3, -0.25) is 0 Å². The van der Waals surface area contributed by atoms with Crippen LogP contribution in [0.1, 0.15) is 45.6 Å². The Kier molecular flexibility index (Phi) is 5.95. The van der Waals surface area contributed by atoms with E-state index in [0.29, 0.717) is 0 Å². The number of fused-ring (bicyclic) bond motifs is 1. The Morgan fingerprint density at radius 3 is 2.84 bits per heavy atom. The molecule has 0 saturated heterocycles. The summed E-state index contributed by atoms with van der Waals surface area (Å²) in [6, 6.07) is 6.06. The van der Waals surface area contributed by atoms with Gasteiger partial charge in [0.1, 0.15) is 9.80 Å². The number of alkyl carbamates (subject to hydrolysis) is 1. The molecule has 1 aliphatic heterocycles. The minimum atomic E-state index is -0.360. The number of carbonyl (C=O) groups excluding carboxylic acids is 1. The lowest BCUT2D eigenvalue weighted by Crippen LogP contribution is -2.42. The summed E-state index contributed by atoms with van der Waals surface area (Å²) in [6.45, 7) is 5.82. The van der Waals surface area contributed by atoms with Crippen LogP contribution in [0.5, 0.6) is 0 Å². The lowest BCUT2D eigenvalue weighted by Gasteiger charge is -2.22. The van der Waals surface area contributed by atoms with E-state index in [9.17, 15) is 4.79 Å². The van der Waals surface area contributed by atoms with Gasteiger partial charge in [-0.05, 0) is 72.5 Å². The van der Waals surface area contributed by atoms with E-state index >= 15 is 0 Å². The van der Waals surface area contributed by atoms with Crippen molar-refractivity contribution >= 4 is 56.4 Å². The van der Waals surface area contributed by atoms with E-state index < -0.39 is 0 Å². The summed E-state index contributed by atoms with van der Waals surface area (Å²) in [7, 11) is 0. The summed E-state index contributed by atoms with van der Waals surface area (Å²) in [5.41, 5.74) is 1.75. The molecule has 1 heterocycles. The zero-order chi connectivity index (χ0) is 18.0. The summed E-state index contributed by atoms with van der Waals surface area (Å²) < 4.78 is 15.9. The Balaban J connectivity index is 1.58. The largest absolute Gasteiger partial charge is 0.446 e. The van der Waals surface area contributed by atoms with Gasteiger partial charge in [0.25, 0.3) is 0 Å². The zero-order valence-electron chi connectivity index (χ0n) is 14.5. The van der Waals surface area contributed by atoms with Crippen LogP contribution in [0.2, 0.25) is 0 Å². The van der Waals surface area contributed by atoms with Gasteiger partial charge >= 0.3 is 6.09 Å². The van der Waals surface area contributed by atoms with Gasteiger partial charge in [-0.25, -0.2) is 9.79 Å². The first kappa shape index (κ1) is 19.0. The molecule has 1 aromatic carbocycles. The second-order valence-electron chi connectivity index (χ2n) is 7.23. The van der Waals surface area contributed by atoms with E-state index in [2.05, 4.69) is 32.3 Å². The quantitative estimate of drug-likeness (QED) is 0.568. The van der Waals surface area contributed by atoms with E-state index in [0.717, 1.165) is 38.7 Å². The fraction of sp³-hybridized carbons (Fsp3) is 0.500. The van der Waals surface area contributed by atoms with Gasteiger partial charge < -0.3 is 14.8 Å². The van der Waals surface area contributed by atoms with Crippen LogP contribution in [-0.2, 0) is 9.47 Å². The zero-order valence-corrected chi connectivity index (χ0v) is 18.3. The molecule has 1 aromatic rings. The molecule has 2 atom stereocenters. The van der Waals surface area contributed by atoms with E-state index in [-0.39, 0.29) is 44.6 Å². The van der Waals surface area contributed by atoms with Crippen LogP contribution in [0, 0.1) is 0 Å². The molecule has 0 unspecified atom stereocenters. The van der Waals surface area contributed by atoms with E-state index in [4.69, 9.17) is 9.47 Å². The van der Waals surface area contributed by atoms with Crippen LogP contribution in [0.3, 0.4) is 0 Å². The first-order valence-electron chi connectivity index (χ1n) is 8.28. The van der Waals surface area contributed by atoms with Crippen molar-refractivity contribution in [2.45, 2.75) is 57.8 Å². The molecule has 1 aliphatic carbocycles. The van der Waals surface area contributed by atoms with Crippen molar-refractivity contribution in [2.24, 2.45) is 4.99 Å². The fourth-order valence-corrected chi connectivity index (χ4v) is 5.12. The molecular formula is C18H22BrIN2O3. The third-order valence-electron chi connectivity index (χ3n) is 3.86. The number of halogens is 2. The van der Waals surface area contributed by atoms with Gasteiger partial charge in [0, 0.05) is 22.0 Å². The van der Waals surface area contributed by atoms with Gasteiger partial charge in [0.15, 0.2) is 0 Å². The molecule has 1 N–H and O–H groups in total. The van der Waals surface area contributed by atoms with E-state index in [1.807, 2.05) is 37.1 Å². The van der Waals surface area contributed by atoms with Crippen molar-refractivity contribution in [1.29, 1.82) is 0 Å². The maximum Gasteiger partial charge on any atom is 0.407 e. The van der Waals surface area contributed by atoms with Gasteiger partial charge in [-0.1, -0.05) is 15.9 Å². The van der Waals surface area contributed by atoms with Gasteiger partial charge in [0.2, 0.25) is 0 Å². The number of nitrogens with one attached hydrogen (secondary N) is 1. The number of rotatable bonds is 3. The first-order chi connectivity index (χ1) is 11.8. The molecule has 136 valence electrons. The minimum Gasteiger partial charge on any atom is -0.446 e. The normalized spacial score (nSPS) is 22.6.